The number of nitrogens with zero attached hydrogens (tertiary/aromatic N) is 2. The number of allylic oxidation sites excluding steroid dienone is 1. The van der Waals surface area contributed by atoms with Gasteiger partial charge in [-0.25, -0.2) is 4.79 Å². The summed E-state index contributed by atoms with van der Waals surface area (Å²) in [5.74, 6) is 0.911. The monoisotopic (exact) mass is 613 g/mol. The minimum absolute atomic E-state index is 0.308. The first-order valence-electron chi connectivity index (χ1n) is 16.1. The summed E-state index contributed by atoms with van der Waals surface area (Å²) in [6.45, 7) is 12.7. The summed E-state index contributed by atoms with van der Waals surface area (Å²) in [7, 11) is 0. The molecule has 6 rings (SSSR count). The van der Waals surface area contributed by atoms with E-state index < -0.39 is 0 Å². The summed E-state index contributed by atoms with van der Waals surface area (Å²) in [4.78, 5) is 17.8. The Balaban J connectivity index is 1.17. The van der Waals surface area contributed by atoms with Crippen molar-refractivity contribution in [1.29, 1.82) is 0 Å². The SMILES string of the molecule is CCOC(=O)c1ccc(N2CCN(CC3=C(c4ccc(Cl)cc4)CC(C)(C)CC3)CC2)cc1Oc1ccc2c(c1)CCCN2. The molecule has 0 spiro atoms. The van der Waals surface area contributed by atoms with Crippen LogP contribution in [0.1, 0.15) is 67.9 Å². The molecule has 1 saturated heterocycles. The third-order valence-corrected chi connectivity index (χ3v) is 9.49. The molecule has 6 nitrogen and oxygen atoms in total. The second-order valence-corrected chi connectivity index (χ2v) is 13.5. The number of fused-ring (bicyclic) bond motifs is 1. The average molecular weight is 614 g/mol. The van der Waals surface area contributed by atoms with Crippen LogP contribution < -0.4 is 15.0 Å². The molecule has 232 valence electrons. The van der Waals surface area contributed by atoms with Gasteiger partial charge in [0.1, 0.15) is 17.1 Å². The number of halogens is 1. The molecule has 44 heavy (non-hydrogen) atoms. The molecule has 0 atom stereocenters. The average Bonchev–Trinajstić information content (AvgIpc) is 3.02. The number of aryl methyl sites for hydroxylation is 1. The molecule has 7 heteroatoms. The van der Waals surface area contributed by atoms with Crippen molar-refractivity contribution in [3.05, 3.63) is 87.9 Å². The Kier molecular flexibility index (Phi) is 9.20. The predicted molar refractivity (Wildman–Crippen MR) is 180 cm³/mol. The Hall–Kier alpha value is -3.48. The zero-order chi connectivity index (χ0) is 30.7. The van der Waals surface area contributed by atoms with Crippen LogP contribution in [0.3, 0.4) is 0 Å². The van der Waals surface area contributed by atoms with Gasteiger partial charge in [-0.05, 0) is 104 Å². The molecule has 2 aliphatic heterocycles. The molecule has 1 aliphatic carbocycles. The highest BCUT2D eigenvalue weighted by Gasteiger charge is 2.29. The molecule has 0 saturated carbocycles. The molecule has 3 aliphatic rings. The Morgan fingerprint density at radius 3 is 2.55 bits per heavy atom. The summed E-state index contributed by atoms with van der Waals surface area (Å²) < 4.78 is 11.8. The normalized spacial score (nSPS) is 18.4. The summed E-state index contributed by atoms with van der Waals surface area (Å²) >= 11 is 6.21. The van der Waals surface area contributed by atoms with Gasteiger partial charge in [-0.2, -0.15) is 0 Å². The number of benzene rings is 3. The Morgan fingerprint density at radius 1 is 0.977 bits per heavy atom. The van der Waals surface area contributed by atoms with E-state index in [-0.39, 0.29) is 5.97 Å². The van der Waals surface area contributed by atoms with Gasteiger partial charge >= 0.3 is 5.97 Å². The van der Waals surface area contributed by atoms with Crippen molar-refractivity contribution in [3.8, 4) is 11.5 Å². The largest absolute Gasteiger partial charge is 0.462 e. The summed E-state index contributed by atoms with van der Waals surface area (Å²) in [5, 5.41) is 4.23. The zero-order valence-electron chi connectivity index (χ0n) is 26.3. The van der Waals surface area contributed by atoms with Crippen molar-refractivity contribution in [2.24, 2.45) is 5.41 Å². The molecular formula is C37H44ClN3O3. The summed E-state index contributed by atoms with van der Waals surface area (Å²) in [5.41, 5.74) is 8.59. The Labute approximate surface area is 267 Å². The van der Waals surface area contributed by atoms with E-state index in [9.17, 15) is 4.79 Å². The van der Waals surface area contributed by atoms with Crippen molar-refractivity contribution in [1.82, 2.24) is 4.90 Å². The number of carbonyl (C=O) groups is 1. The number of anilines is 2. The van der Waals surface area contributed by atoms with E-state index in [1.54, 1.807) is 5.57 Å². The Morgan fingerprint density at radius 2 is 1.77 bits per heavy atom. The fourth-order valence-corrected chi connectivity index (χ4v) is 6.84. The van der Waals surface area contributed by atoms with Crippen LogP contribution in [-0.4, -0.2) is 56.7 Å². The first-order valence-corrected chi connectivity index (χ1v) is 16.5. The maximum Gasteiger partial charge on any atom is 0.341 e. The molecule has 0 unspecified atom stereocenters. The minimum Gasteiger partial charge on any atom is -0.462 e. The van der Waals surface area contributed by atoms with Crippen molar-refractivity contribution < 1.29 is 14.3 Å². The van der Waals surface area contributed by atoms with Crippen LogP contribution in [0.2, 0.25) is 5.02 Å². The smallest absolute Gasteiger partial charge is 0.341 e. The van der Waals surface area contributed by atoms with Crippen molar-refractivity contribution in [3.63, 3.8) is 0 Å². The van der Waals surface area contributed by atoms with Gasteiger partial charge in [0.05, 0.1) is 6.61 Å². The maximum absolute atomic E-state index is 12.9. The van der Waals surface area contributed by atoms with E-state index in [4.69, 9.17) is 21.1 Å². The van der Waals surface area contributed by atoms with E-state index in [1.165, 1.54) is 23.1 Å². The van der Waals surface area contributed by atoms with E-state index in [1.807, 2.05) is 43.3 Å². The number of esters is 1. The van der Waals surface area contributed by atoms with Gasteiger partial charge in [0.2, 0.25) is 0 Å². The third-order valence-electron chi connectivity index (χ3n) is 9.23. The lowest BCUT2D eigenvalue weighted by molar-refractivity contribution is 0.0523. The number of hydrogen-bond donors (Lipinski definition) is 1. The molecule has 0 bridgehead atoms. The van der Waals surface area contributed by atoms with E-state index in [2.05, 4.69) is 53.2 Å². The van der Waals surface area contributed by atoms with E-state index >= 15 is 0 Å². The number of rotatable bonds is 8. The number of hydrogen-bond acceptors (Lipinski definition) is 6. The molecule has 0 aromatic heterocycles. The van der Waals surface area contributed by atoms with Gasteiger partial charge in [-0.1, -0.05) is 43.2 Å². The lowest BCUT2D eigenvalue weighted by Crippen LogP contribution is -2.47. The number of piperazine rings is 1. The van der Waals surface area contributed by atoms with Gasteiger partial charge < -0.3 is 19.7 Å². The van der Waals surface area contributed by atoms with Crippen molar-refractivity contribution in [2.75, 3.05) is 56.1 Å². The fourth-order valence-electron chi connectivity index (χ4n) is 6.71. The van der Waals surface area contributed by atoms with Crippen LogP contribution in [0.4, 0.5) is 11.4 Å². The van der Waals surface area contributed by atoms with Gasteiger partial charge in [0.25, 0.3) is 0 Å². The molecular weight excluding hydrogens is 570 g/mol. The molecule has 3 aromatic carbocycles. The molecule has 3 aromatic rings. The topological polar surface area (TPSA) is 54.0 Å². The molecule has 2 heterocycles. The second-order valence-electron chi connectivity index (χ2n) is 13.0. The lowest BCUT2D eigenvalue weighted by atomic mass is 9.72. The van der Waals surface area contributed by atoms with Crippen LogP contribution in [-0.2, 0) is 11.2 Å². The quantitative estimate of drug-likeness (QED) is 0.257. The van der Waals surface area contributed by atoms with Gasteiger partial charge in [-0.15, -0.1) is 0 Å². The molecule has 0 amide bonds. The van der Waals surface area contributed by atoms with E-state index in [0.717, 1.165) is 87.1 Å². The van der Waals surface area contributed by atoms with Crippen LogP contribution >= 0.6 is 11.6 Å². The Bertz CT molecular complexity index is 1520. The van der Waals surface area contributed by atoms with Crippen LogP contribution in [0.15, 0.2) is 66.2 Å². The van der Waals surface area contributed by atoms with Crippen LogP contribution in [0.5, 0.6) is 11.5 Å². The first-order chi connectivity index (χ1) is 21.3. The van der Waals surface area contributed by atoms with E-state index in [0.29, 0.717) is 23.3 Å². The summed E-state index contributed by atoms with van der Waals surface area (Å²) in [6, 6.07) is 20.4. The number of ether oxygens (including phenoxy) is 2. The first kappa shape index (κ1) is 30.5. The third kappa shape index (κ3) is 7.08. The predicted octanol–water partition coefficient (Wildman–Crippen LogP) is 8.45. The lowest BCUT2D eigenvalue weighted by Gasteiger charge is -2.39. The van der Waals surface area contributed by atoms with Crippen molar-refractivity contribution >= 4 is 34.5 Å². The van der Waals surface area contributed by atoms with Crippen LogP contribution in [0, 0.1) is 5.41 Å². The van der Waals surface area contributed by atoms with Gasteiger partial charge in [-0.3, -0.25) is 4.90 Å². The van der Waals surface area contributed by atoms with Crippen LogP contribution in [0.25, 0.3) is 5.57 Å². The standard InChI is InChI=1S/C37H44ClN3O3/c1-4-43-36(42)32-13-11-30(23-35(32)44-31-12-14-34-27(22-31)6-5-17-39-34)41-20-18-40(19-21-41)25-28-15-16-37(2,3)24-33(28)26-7-9-29(38)10-8-26/h7-14,22-23,39H,4-6,15-21,24-25H2,1-3H3. The number of nitrogens with one attached hydrogen (secondary N) is 1. The second kappa shape index (κ2) is 13.3. The highest BCUT2D eigenvalue weighted by Crippen LogP contribution is 2.43. The zero-order valence-corrected chi connectivity index (χ0v) is 27.0. The minimum atomic E-state index is -0.362. The van der Waals surface area contributed by atoms with Gasteiger partial charge in [0.15, 0.2) is 0 Å². The summed E-state index contributed by atoms with van der Waals surface area (Å²) in [6.07, 6.45) is 5.57. The number of carbonyl (C=O) groups excluding carboxylic acids is 1. The highest BCUT2D eigenvalue weighted by atomic mass is 35.5. The fraction of sp³-hybridized carbons (Fsp3) is 0.432. The maximum atomic E-state index is 12.9. The highest BCUT2D eigenvalue weighted by molar-refractivity contribution is 6.30. The van der Waals surface area contributed by atoms with Gasteiger partial charge in [0, 0.05) is 61.7 Å². The van der Waals surface area contributed by atoms with Crippen molar-refractivity contribution in [2.45, 2.75) is 52.9 Å². The molecule has 0 radical (unpaired) electrons. The molecule has 1 fully saturated rings. The molecule has 1 N–H and O–H groups in total.